The van der Waals surface area contributed by atoms with Gasteiger partial charge in [0.05, 0.1) is 0 Å². The molecule has 0 atom stereocenters. The maximum atomic E-state index is 12.6. The minimum absolute atomic E-state index is 0.170. The van der Waals surface area contributed by atoms with Crippen molar-refractivity contribution in [1.82, 2.24) is 9.88 Å². The first-order valence-electron chi connectivity index (χ1n) is 8.54. The summed E-state index contributed by atoms with van der Waals surface area (Å²) >= 11 is 5.88. The van der Waals surface area contributed by atoms with Crippen LogP contribution < -0.4 is 10.1 Å². The van der Waals surface area contributed by atoms with Crippen molar-refractivity contribution in [2.45, 2.75) is 32.9 Å². The zero-order valence-electron chi connectivity index (χ0n) is 15.5. The van der Waals surface area contributed by atoms with Crippen molar-refractivity contribution in [3.05, 3.63) is 64.8 Å². The molecule has 0 radical (unpaired) electrons. The van der Waals surface area contributed by atoms with Crippen LogP contribution in [-0.2, 0) is 18.4 Å². The van der Waals surface area contributed by atoms with Crippen molar-refractivity contribution in [1.29, 1.82) is 0 Å². The lowest BCUT2D eigenvalue weighted by atomic mass is 10.1. The van der Waals surface area contributed by atoms with Gasteiger partial charge in [0.25, 0.3) is 5.91 Å². The van der Waals surface area contributed by atoms with E-state index in [9.17, 15) is 4.79 Å². The minimum atomic E-state index is -0.985. The summed E-state index contributed by atoms with van der Waals surface area (Å²) in [6.45, 7) is 6.04. The number of hydrogen-bond acceptors (Lipinski definition) is 2. The van der Waals surface area contributed by atoms with Gasteiger partial charge in [-0.3, -0.25) is 4.79 Å². The van der Waals surface area contributed by atoms with E-state index in [1.165, 1.54) is 16.6 Å². The molecule has 0 spiro atoms. The molecule has 0 aliphatic rings. The van der Waals surface area contributed by atoms with Gasteiger partial charge in [-0.15, -0.1) is 0 Å². The van der Waals surface area contributed by atoms with Crippen LogP contribution in [0.25, 0.3) is 10.9 Å². The van der Waals surface area contributed by atoms with Gasteiger partial charge in [0, 0.05) is 35.2 Å². The fraction of sp³-hybridized carbons (Fsp3) is 0.286. The fourth-order valence-corrected chi connectivity index (χ4v) is 3.01. The number of benzene rings is 2. The molecule has 1 heterocycles. The molecule has 136 valence electrons. The predicted octanol–water partition coefficient (Wildman–Crippen LogP) is 4.61. The van der Waals surface area contributed by atoms with Gasteiger partial charge in [-0.05, 0) is 68.8 Å². The standard InChI is InChI=1S/C21H23ClN2O2/c1-14-11-16-12-15(5-10-19(16)24(14)4)13-23-20(25)21(2,3)26-18-8-6-17(22)7-9-18/h5-12H,13H2,1-4H3,(H,23,25). The van der Waals surface area contributed by atoms with Crippen molar-refractivity contribution in [2.24, 2.45) is 7.05 Å². The van der Waals surface area contributed by atoms with E-state index in [0.29, 0.717) is 17.3 Å². The average molecular weight is 371 g/mol. The molecule has 26 heavy (non-hydrogen) atoms. The molecule has 0 bridgehead atoms. The summed E-state index contributed by atoms with van der Waals surface area (Å²) in [6.07, 6.45) is 0. The van der Waals surface area contributed by atoms with E-state index in [1.54, 1.807) is 38.1 Å². The number of rotatable bonds is 5. The van der Waals surface area contributed by atoms with E-state index in [-0.39, 0.29) is 5.91 Å². The number of nitrogens with one attached hydrogen (secondary N) is 1. The summed E-state index contributed by atoms with van der Waals surface area (Å²) < 4.78 is 7.98. The van der Waals surface area contributed by atoms with Gasteiger partial charge in [-0.2, -0.15) is 0 Å². The van der Waals surface area contributed by atoms with Gasteiger partial charge in [-0.1, -0.05) is 17.7 Å². The molecule has 2 aromatic carbocycles. The highest BCUT2D eigenvalue weighted by Gasteiger charge is 2.29. The van der Waals surface area contributed by atoms with Crippen LogP contribution in [0.4, 0.5) is 0 Å². The topological polar surface area (TPSA) is 43.3 Å². The number of nitrogens with zero attached hydrogens (tertiary/aromatic N) is 1. The molecule has 0 saturated heterocycles. The quantitative estimate of drug-likeness (QED) is 0.712. The molecule has 0 fully saturated rings. The molecule has 4 nitrogen and oxygen atoms in total. The van der Waals surface area contributed by atoms with Crippen LogP contribution in [0.5, 0.6) is 5.75 Å². The average Bonchev–Trinajstić information content (AvgIpc) is 2.88. The highest BCUT2D eigenvalue weighted by molar-refractivity contribution is 6.30. The number of hydrogen-bond donors (Lipinski definition) is 1. The van der Waals surface area contributed by atoms with E-state index in [0.717, 1.165) is 5.56 Å². The summed E-state index contributed by atoms with van der Waals surface area (Å²) in [5.74, 6) is 0.438. The number of aryl methyl sites for hydroxylation is 2. The maximum Gasteiger partial charge on any atom is 0.263 e. The minimum Gasteiger partial charge on any atom is -0.478 e. The number of fused-ring (bicyclic) bond motifs is 1. The van der Waals surface area contributed by atoms with E-state index in [1.807, 2.05) is 6.07 Å². The van der Waals surface area contributed by atoms with Crippen LogP contribution in [0.1, 0.15) is 25.1 Å². The number of aromatic nitrogens is 1. The van der Waals surface area contributed by atoms with Gasteiger partial charge in [-0.25, -0.2) is 0 Å². The Morgan fingerprint density at radius 1 is 1.15 bits per heavy atom. The van der Waals surface area contributed by atoms with Crippen molar-refractivity contribution in [3.8, 4) is 5.75 Å². The van der Waals surface area contributed by atoms with Gasteiger partial charge >= 0.3 is 0 Å². The molecule has 1 amide bonds. The second-order valence-electron chi connectivity index (χ2n) is 6.99. The third-order valence-electron chi connectivity index (χ3n) is 4.53. The van der Waals surface area contributed by atoms with E-state index in [4.69, 9.17) is 16.3 Å². The first-order chi connectivity index (χ1) is 12.3. The Kier molecular flexibility index (Phi) is 4.97. The summed E-state index contributed by atoms with van der Waals surface area (Å²) in [7, 11) is 2.05. The second-order valence-corrected chi connectivity index (χ2v) is 7.42. The zero-order valence-corrected chi connectivity index (χ0v) is 16.2. The molecule has 0 aliphatic heterocycles. The molecular formula is C21H23ClN2O2. The lowest BCUT2D eigenvalue weighted by Gasteiger charge is -2.25. The van der Waals surface area contributed by atoms with Gasteiger partial charge in [0.15, 0.2) is 5.60 Å². The summed E-state index contributed by atoms with van der Waals surface area (Å²) in [5.41, 5.74) is 2.46. The molecular weight excluding hydrogens is 348 g/mol. The van der Waals surface area contributed by atoms with Crippen molar-refractivity contribution < 1.29 is 9.53 Å². The first kappa shape index (κ1) is 18.3. The molecule has 5 heteroatoms. The molecule has 0 saturated carbocycles. The Morgan fingerprint density at radius 2 is 1.85 bits per heavy atom. The Hall–Kier alpha value is -2.46. The van der Waals surface area contributed by atoms with Crippen LogP contribution in [0.2, 0.25) is 5.02 Å². The van der Waals surface area contributed by atoms with Crippen LogP contribution in [0, 0.1) is 6.92 Å². The van der Waals surface area contributed by atoms with E-state index < -0.39 is 5.60 Å². The van der Waals surface area contributed by atoms with Crippen LogP contribution >= 0.6 is 11.6 Å². The number of ether oxygens (including phenoxy) is 1. The number of halogens is 1. The lowest BCUT2D eigenvalue weighted by Crippen LogP contribution is -2.46. The van der Waals surface area contributed by atoms with Crippen LogP contribution in [-0.4, -0.2) is 16.1 Å². The third-order valence-corrected chi connectivity index (χ3v) is 4.79. The predicted molar refractivity (Wildman–Crippen MR) is 106 cm³/mol. The van der Waals surface area contributed by atoms with E-state index >= 15 is 0 Å². The fourth-order valence-electron chi connectivity index (χ4n) is 2.89. The maximum absolute atomic E-state index is 12.6. The molecule has 1 aromatic heterocycles. The Bertz CT molecular complexity index is 943. The molecule has 1 N–H and O–H groups in total. The number of amides is 1. The zero-order chi connectivity index (χ0) is 18.9. The summed E-state index contributed by atoms with van der Waals surface area (Å²) in [6, 6.07) is 15.4. The van der Waals surface area contributed by atoms with E-state index in [2.05, 4.69) is 42.1 Å². The first-order valence-corrected chi connectivity index (χ1v) is 8.92. The van der Waals surface area contributed by atoms with Gasteiger partial charge in [0.2, 0.25) is 0 Å². The third kappa shape index (κ3) is 3.86. The number of carbonyl (C=O) groups is 1. The van der Waals surface area contributed by atoms with Crippen LogP contribution in [0.15, 0.2) is 48.5 Å². The lowest BCUT2D eigenvalue weighted by molar-refractivity contribution is -0.134. The Morgan fingerprint density at radius 3 is 2.54 bits per heavy atom. The van der Waals surface area contributed by atoms with Gasteiger partial charge < -0.3 is 14.6 Å². The molecule has 3 aromatic rings. The van der Waals surface area contributed by atoms with Crippen molar-refractivity contribution >= 4 is 28.4 Å². The Labute approximate surface area is 158 Å². The highest BCUT2D eigenvalue weighted by atomic mass is 35.5. The van der Waals surface area contributed by atoms with Crippen molar-refractivity contribution in [3.63, 3.8) is 0 Å². The summed E-state index contributed by atoms with van der Waals surface area (Å²) in [5, 5.41) is 4.77. The van der Waals surface area contributed by atoms with Gasteiger partial charge in [0.1, 0.15) is 5.75 Å². The van der Waals surface area contributed by atoms with Crippen LogP contribution in [0.3, 0.4) is 0 Å². The SMILES string of the molecule is Cc1cc2cc(CNC(=O)C(C)(C)Oc3ccc(Cl)cc3)ccc2n1C. The summed E-state index contributed by atoms with van der Waals surface area (Å²) in [4.78, 5) is 12.6. The Balaban J connectivity index is 1.66. The molecule has 3 rings (SSSR count). The molecule has 0 unspecified atom stereocenters. The van der Waals surface area contributed by atoms with Crippen molar-refractivity contribution in [2.75, 3.05) is 0 Å². The number of carbonyl (C=O) groups excluding carboxylic acids is 1. The normalized spacial score (nSPS) is 11.6. The molecule has 0 aliphatic carbocycles. The second kappa shape index (κ2) is 7.04. The highest BCUT2D eigenvalue weighted by Crippen LogP contribution is 2.22. The smallest absolute Gasteiger partial charge is 0.263 e. The monoisotopic (exact) mass is 370 g/mol. The largest absolute Gasteiger partial charge is 0.478 e.